The topological polar surface area (TPSA) is 55.4 Å². The molecule has 0 bridgehead atoms. The summed E-state index contributed by atoms with van der Waals surface area (Å²) in [6, 6.07) is 11.3. The molecule has 120 valence electrons. The number of hydrogen-bond donors (Lipinski definition) is 1. The highest BCUT2D eigenvalue weighted by atomic mass is 79.9. The van der Waals surface area contributed by atoms with Gasteiger partial charge in [-0.25, -0.2) is 9.18 Å². The Balaban J connectivity index is 1.93. The molecule has 0 aliphatic heterocycles. The van der Waals surface area contributed by atoms with Crippen molar-refractivity contribution < 1.29 is 18.7 Å². The van der Waals surface area contributed by atoms with Gasteiger partial charge >= 0.3 is 5.97 Å². The molecule has 1 amide bonds. The van der Waals surface area contributed by atoms with E-state index in [2.05, 4.69) is 21.2 Å². The summed E-state index contributed by atoms with van der Waals surface area (Å²) < 4.78 is 18.9. The standard InChI is InChI=1S/C17H15BrFNO3/c1-2-11-4-3-5-13(8-11)20-16(21)10-23-17(22)14-9-12(18)6-7-15(14)19/h3-9H,2,10H2,1H3,(H,20,21). The highest BCUT2D eigenvalue weighted by molar-refractivity contribution is 9.10. The molecule has 0 aromatic heterocycles. The molecular formula is C17H15BrFNO3. The molecule has 0 unspecified atom stereocenters. The summed E-state index contributed by atoms with van der Waals surface area (Å²) in [5.74, 6) is -2.07. The third kappa shape index (κ3) is 4.89. The van der Waals surface area contributed by atoms with Gasteiger partial charge in [0.2, 0.25) is 0 Å². The fourth-order valence-electron chi connectivity index (χ4n) is 1.93. The molecule has 23 heavy (non-hydrogen) atoms. The lowest BCUT2D eigenvalue weighted by molar-refractivity contribution is -0.119. The average Bonchev–Trinajstić information content (AvgIpc) is 2.55. The molecule has 0 fully saturated rings. The number of nitrogens with one attached hydrogen (secondary N) is 1. The van der Waals surface area contributed by atoms with Gasteiger partial charge < -0.3 is 10.1 Å². The second-order valence-corrected chi connectivity index (χ2v) is 5.72. The maximum atomic E-state index is 13.6. The first-order valence-corrected chi connectivity index (χ1v) is 7.80. The first-order valence-electron chi connectivity index (χ1n) is 7.00. The van der Waals surface area contributed by atoms with Gasteiger partial charge in [0.05, 0.1) is 5.56 Å². The minimum Gasteiger partial charge on any atom is -0.452 e. The van der Waals surface area contributed by atoms with Gasteiger partial charge in [-0.3, -0.25) is 4.79 Å². The van der Waals surface area contributed by atoms with Crippen molar-refractivity contribution in [3.8, 4) is 0 Å². The van der Waals surface area contributed by atoms with Gasteiger partial charge in [-0.1, -0.05) is 35.0 Å². The second kappa shape index (κ2) is 7.87. The Morgan fingerprint density at radius 2 is 2.00 bits per heavy atom. The van der Waals surface area contributed by atoms with E-state index in [1.54, 1.807) is 6.07 Å². The zero-order valence-corrected chi connectivity index (χ0v) is 14.0. The Hall–Kier alpha value is -2.21. The monoisotopic (exact) mass is 379 g/mol. The van der Waals surface area contributed by atoms with Crippen LogP contribution in [0.2, 0.25) is 0 Å². The van der Waals surface area contributed by atoms with E-state index in [1.165, 1.54) is 12.1 Å². The predicted molar refractivity (Wildman–Crippen MR) is 88.8 cm³/mol. The first kappa shape index (κ1) is 17.1. The van der Waals surface area contributed by atoms with Crippen LogP contribution in [0.3, 0.4) is 0 Å². The molecule has 0 saturated heterocycles. The molecule has 0 aliphatic rings. The molecule has 1 N–H and O–H groups in total. The van der Waals surface area contributed by atoms with Gasteiger partial charge in [0.15, 0.2) is 6.61 Å². The maximum Gasteiger partial charge on any atom is 0.341 e. The van der Waals surface area contributed by atoms with Crippen LogP contribution in [0.15, 0.2) is 46.9 Å². The van der Waals surface area contributed by atoms with E-state index >= 15 is 0 Å². The first-order chi connectivity index (χ1) is 11.0. The lowest BCUT2D eigenvalue weighted by atomic mass is 10.1. The molecule has 0 heterocycles. The van der Waals surface area contributed by atoms with Crippen molar-refractivity contribution in [1.82, 2.24) is 0 Å². The smallest absolute Gasteiger partial charge is 0.341 e. The van der Waals surface area contributed by atoms with Gasteiger partial charge in [-0.2, -0.15) is 0 Å². The summed E-state index contributed by atoms with van der Waals surface area (Å²) in [6.07, 6.45) is 0.848. The molecule has 2 aromatic carbocycles. The van der Waals surface area contributed by atoms with E-state index < -0.39 is 24.3 Å². The van der Waals surface area contributed by atoms with Crippen LogP contribution < -0.4 is 5.32 Å². The number of ether oxygens (including phenoxy) is 1. The second-order valence-electron chi connectivity index (χ2n) is 4.80. The molecule has 2 rings (SSSR count). The Morgan fingerprint density at radius 1 is 1.22 bits per heavy atom. The van der Waals surface area contributed by atoms with Crippen molar-refractivity contribution in [2.45, 2.75) is 13.3 Å². The van der Waals surface area contributed by atoms with Crippen LogP contribution in [-0.2, 0) is 16.0 Å². The lowest BCUT2D eigenvalue weighted by Gasteiger charge is -2.08. The number of amides is 1. The predicted octanol–water partition coefficient (Wildman–Crippen LogP) is 3.95. The van der Waals surface area contributed by atoms with Crippen LogP contribution in [0.25, 0.3) is 0 Å². The SMILES string of the molecule is CCc1cccc(NC(=O)COC(=O)c2cc(Br)ccc2F)c1. The third-order valence-corrected chi connectivity index (χ3v) is 3.59. The normalized spacial score (nSPS) is 10.2. The Morgan fingerprint density at radius 3 is 2.74 bits per heavy atom. The summed E-state index contributed by atoms with van der Waals surface area (Å²) in [5.41, 5.74) is 1.48. The average molecular weight is 380 g/mol. The summed E-state index contributed by atoms with van der Waals surface area (Å²) in [6.45, 7) is 1.52. The molecule has 0 saturated carbocycles. The van der Waals surface area contributed by atoms with Gasteiger partial charge in [-0.15, -0.1) is 0 Å². The fraction of sp³-hybridized carbons (Fsp3) is 0.176. The number of esters is 1. The molecule has 4 nitrogen and oxygen atoms in total. The summed E-state index contributed by atoms with van der Waals surface area (Å²) in [4.78, 5) is 23.6. The van der Waals surface area contributed by atoms with E-state index in [0.717, 1.165) is 18.1 Å². The van der Waals surface area contributed by atoms with Gasteiger partial charge in [-0.05, 0) is 42.3 Å². The van der Waals surface area contributed by atoms with Crippen molar-refractivity contribution in [3.05, 3.63) is 63.9 Å². The van der Waals surface area contributed by atoms with E-state index in [-0.39, 0.29) is 5.56 Å². The number of aryl methyl sites for hydroxylation is 1. The molecule has 0 spiro atoms. The number of hydrogen-bond acceptors (Lipinski definition) is 3. The lowest BCUT2D eigenvalue weighted by Crippen LogP contribution is -2.21. The molecule has 0 atom stereocenters. The largest absolute Gasteiger partial charge is 0.452 e. The van der Waals surface area contributed by atoms with Crippen molar-refractivity contribution >= 4 is 33.5 Å². The van der Waals surface area contributed by atoms with Crippen LogP contribution in [-0.4, -0.2) is 18.5 Å². The van der Waals surface area contributed by atoms with E-state index in [4.69, 9.17) is 4.74 Å². The van der Waals surface area contributed by atoms with E-state index in [0.29, 0.717) is 10.2 Å². The number of benzene rings is 2. The molecular weight excluding hydrogens is 365 g/mol. The summed E-state index contributed by atoms with van der Waals surface area (Å²) in [5, 5.41) is 2.63. The van der Waals surface area contributed by atoms with Crippen LogP contribution >= 0.6 is 15.9 Å². The highest BCUT2D eigenvalue weighted by Gasteiger charge is 2.15. The number of rotatable bonds is 5. The van der Waals surface area contributed by atoms with E-state index in [1.807, 2.05) is 25.1 Å². The van der Waals surface area contributed by atoms with Gasteiger partial charge in [0.1, 0.15) is 5.82 Å². The van der Waals surface area contributed by atoms with Gasteiger partial charge in [0, 0.05) is 10.2 Å². The molecule has 0 radical (unpaired) electrons. The van der Waals surface area contributed by atoms with Gasteiger partial charge in [0.25, 0.3) is 5.91 Å². The molecule has 6 heteroatoms. The minimum atomic E-state index is -0.888. The summed E-state index contributed by atoms with van der Waals surface area (Å²) in [7, 11) is 0. The number of carbonyl (C=O) groups is 2. The Labute approximate surface area is 141 Å². The number of carbonyl (C=O) groups excluding carboxylic acids is 2. The number of anilines is 1. The third-order valence-electron chi connectivity index (χ3n) is 3.10. The van der Waals surface area contributed by atoms with Crippen LogP contribution in [0.1, 0.15) is 22.8 Å². The van der Waals surface area contributed by atoms with Crippen molar-refractivity contribution in [1.29, 1.82) is 0 Å². The Bertz CT molecular complexity index is 734. The van der Waals surface area contributed by atoms with Crippen LogP contribution in [0.5, 0.6) is 0 Å². The quantitative estimate of drug-likeness (QED) is 0.800. The van der Waals surface area contributed by atoms with Crippen LogP contribution in [0.4, 0.5) is 10.1 Å². The van der Waals surface area contributed by atoms with Crippen molar-refractivity contribution in [2.75, 3.05) is 11.9 Å². The zero-order valence-electron chi connectivity index (χ0n) is 12.4. The number of halogens is 2. The van der Waals surface area contributed by atoms with E-state index in [9.17, 15) is 14.0 Å². The molecule has 2 aromatic rings. The zero-order chi connectivity index (χ0) is 16.8. The molecule has 0 aliphatic carbocycles. The summed E-state index contributed by atoms with van der Waals surface area (Å²) >= 11 is 3.15. The van der Waals surface area contributed by atoms with Crippen LogP contribution in [0, 0.1) is 5.82 Å². The minimum absolute atomic E-state index is 0.222. The highest BCUT2D eigenvalue weighted by Crippen LogP contribution is 2.16. The maximum absolute atomic E-state index is 13.6. The Kier molecular flexibility index (Phi) is 5.87. The fourth-order valence-corrected chi connectivity index (χ4v) is 2.29. The van der Waals surface area contributed by atoms with Crippen molar-refractivity contribution in [2.24, 2.45) is 0 Å². The van der Waals surface area contributed by atoms with Crippen molar-refractivity contribution in [3.63, 3.8) is 0 Å².